The lowest BCUT2D eigenvalue weighted by atomic mass is 9.99. The SMILES string of the molecule is CC1CCN(C(=O)COC(=O)CNc2ccc(C(F)(F)F)cc2[N+](=O)[O-])CC1. The van der Waals surface area contributed by atoms with E-state index in [0.29, 0.717) is 31.1 Å². The Hall–Kier alpha value is -2.85. The molecule has 0 aromatic heterocycles. The summed E-state index contributed by atoms with van der Waals surface area (Å²) in [4.78, 5) is 35.4. The van der Waals surface area contributed by atoms with Gasteiger partial charge in [0.15, 0.2) is 6.61 Å². The van der Waals surface area contributed by atoms with Gasteiger partial charge in [0.05, 0.1) is 10.5 Å². The van der Waals surface area contributed by atoms with Crippen LogP contribution in [0, 0.1) is 16.0 Å². The second kappa shape index (κ2) is 8.89. The number of benzene rings is 1. The van der Waals surface area contributed by atoms with Crippen LogP contribution in [-0.2, 0) is 20.5 Å². The van der Waals surface area contributed by atoms with E-state index in [1.54, 1.807) is 4.90 Å². The first-order valence-electron chi connectivity index (χ1n) is 8.61. The van der Waals surface area contributed by atoms with E-state index in [1.807, 2.05) is 0 Å². The van der Waals surface area contributed by atoms with Crippen molar-refractivity contribution in [3.05, 3.63) is 33.9 Å². The van der Waals surface area contributed by atoms with E-state index in [2.05, 4.69) is 12.2 Å². The van der Waals surface area contributed by atoms with E-state index < -0.39 is 41.5 Å². The zero-order valence-electron chi connectivity index (χ0n) is 15.1. The van der Waals surface area contributed by atoms with Gasteiger partial charge in [-0.05, 0) is 30.9 Å². The largest absolute Gasteiger partial charge is 0.454 e. The van der Waals surface area contributed by atoms with Crippen LogP contribution in [0.5, 0.6) is 0 Å². The maximum Gasteiger partial charge on any atom is 0.416 e. The number of nitrogens with one attached hydrogen (secondary N) is 1. The second-order valence-electron chi connectivity index (χ2n) is 6.56. The first kappa shape index (κ1) is 21.5. The standard InChI is InChI=1S/C17H20F3N3O5/c1-11-4-6-22(7-5-11)15(24)10-28-16(25)9-21-13-3-2-12(17(18,19)20)8-14(13)23(26)27/h2-3,8,11,21H,4-7,9-10H2,1H3. The highest BCUT2D eigenvalue weighted by molar-refractivity contribution is 5.82. The number of likely N-dealkylation sites (tertiary alicyclic amines) is 1. The Balaban J connectivity index is 1.88. The lowest BCUT2D eigenvalue weighted by Gasteiger charge is -2.30. The summed E-state index contributed by atoms with van der Waals surface area (Å²) in [6.45, 7) is 2.29. The van der Waals surface area contributed by atoms with Gasteiger partial charge in [0.25, 0.3) is 11.6 Å². The molecule has 0 radical (unpaired) electrons. The molecule has 1 saturated heterocycles. The average Bonchev–Trinajstić information content (AvgIpc) is 2.64. The summed E-state index contributed by atoms with van der Waals surface area (Å²) in [5.41, 5.74) is -2.25. The summed E-state index contributed by atoms with van der Waals surface area (Å²) in [6.07, 6.45) is -2.98. The highest BCUT2D eigenvalue weighted by Gasteiger charge is 2.33. The number of esters is 1. The molecule has 1 aromatic carbocycles. The number of alkyl halides is 3. The smallest absolute Gasteiger partial charge is 0.416 e. The molecule has 1 N–H and O–H groups in total. The van der Waals surface area contributed by atoms with Crippen LogP contribution in [-0.4, -0.2) is 47.9 Å². The van der Waals surface area contributed by atoms with Gasteiger partial charge in [-0.3, -0.25) is 19.7 Å². The number of nitro benzene ring substituents is 1. The van der Waals surface area contributed by atoms with E-state index in [4.69, 9.17) is 4.74 Å². The van der Waals surface area contributed by atoms with E-state index in [0.717, 1.165) is 18.9 Å². The molecule has 0 atom stereocenters. The predicted molar refractivity (Wildman–Crippen MR) is 92.5 cm³/mol. The number of nitro groups is 1. The molecule has 0 unspecified atom stereocenters. The van der Waals surface area contributed by atoms with Gasteiger partial charge in [-0.25, -0.2) is 0 Å². The average molecular weight is 403 g/mol. The van der Waals surface area contributed by atoms with Crippen LogP contribution < -0.4 is 5.32 Å². The minimum atomic E-state index is -4.73. The molecule has 11 heteroatoms. The van der Waals surface area contributed by atoms with E-state index in [9.17, 15) is 32.9 Å². The quantitative estimate of drug-likeness (QED) is 0.445. The molecular formula is C17H20F3N3O5. The van der Waals surface area contributed by atoms with Crippen molar-refractivity contribution in [3.63, 3.8) is 0 Å². The molecule has 1 aromatic rings. The third kappa shape index (κ3) is 5.83. The fourth-order valence-corrected chi connectivity index (χ4v) is 2.72. The zero-order chi connectivity index (χ0) is 20.9. The summed E-state index contributed by atoms with van der Waals surface area (Å²) in [6, 6.07) is 1.92. The number of amides is 1. The van der Waals surface area contributed by atoms with Crippen molar-refractivity contribution in [1.29, 1.82) is 0 Å². The van der Waals surface area contributed by atoms with E-state index >= 15 is 0 Å². The molecule has 1 heterocycles. The molecule has 1 aliphatic heterocycles. The van der Waals surface area contributed by atoms with Gasteiger partial charge in [0.2, 0.25) is 0 Å². The van der Waals surface area contributed by atoms with Crippen molar-refractivity contribution in [2.75, 3.05) is 31.6 Å². The third-order valence-electron chi connectivity index (χ3n) is 4.44. The number of rotatable bonds is 6. The van der Waals surface area contributed by atoms with Gasteiger partial charge < -0.3 is 15.0 Å². The third-order valence-corrected chi connectivity index (χ3v) is 4.44. The van der Waals surface area contributed by atoms with Crippen LogP contribution in [0.15, 0.2) is 18.2 Å². The number of ether oxygens (including phenoxy) is 1. The molecular weight excluding hydrogens is 383 g/mol. The normalized spacial score (nSPS) is 15.2. The molecule has 0 bridgehead atoms. The first-order chi connectivity index (χ1) is 13.1. The Kier molecular flexibility index (Phi) is 6.81. The topological polar surface area (TPSA) is 102 Å². The monoisotopic (exact) mass is 403 g/mol. The van der Waals surface area contributed by atoms with Crippen molar-refractivity contribution < 1.29 is 32.4 Å². The Morgan fingerprint density at radius 2 is 1.96 bits per heavy atom. The van der Waals surface area contributed by atoms with Crippen molar-refractivity contribution in [1.82, 2.24) is 4.90 Å². The van der Waals surface area contributed by atoms with Crippen LogP contribution in [0.2, 0.25) is 0 Å². The minimum Gasteiger partial charge on any atom is -0.454 e. The maximum absolute atomic E-state index is 12.7. The molecule has 8 nitrogen and oxygen atoms in total. The fourth-order valence-electron chi connectivity index (χ4n) is 2.72. The summed E-state index contributed by atoms with van der Waals surface area (Å²) in [5, 5.41) is 13.4. The predicted octanol–water partition coefficient (Wildman–Crippen LogP) is 2.83. The number of nitrogens with zero attached hydrogens (tertiary/aromatic N) is 2. The Morgan fingerprint density at radius 1 is 1.32 bits per heavy atom. The lowest BCUT2D eigenvalue weighted by molar-refractivity contribution is -0.384. The van der Waals surface area contributed by atoms with Crippen LogP contribution in [0.25, 0.3) is 0 Å². The van der Waals surface area contributed by atoms with Crippen LogP contribution in [0.4, 0.5) is 24.5 Å². The number of carbonyl (C=O) groups is 2. The molecule has 28 heavy (non-hydrogen) atoms. The molecule has 0 saturated carbocycles. The highest BCUT2D eigenvalue weighted by Crippen LogP contribution is 2.34. The highest BCUT2D eigenvalue weighted by atomic mass is 19.4. The van der Waals surface area contributed by atoms with Gasteiger partial charge in [-0.2, -0.15) is 13.2 Å². The summed E-state index contributed by atoms with van der Waals surface area (Å²) < 4.78 is 42.9. The van der Waals surface area contributed by atoms with Gasteiger partial charge in [0, 0.05) is 19.2 Å². The Bertz CT molecular complexity index is 746. The molecule has 154 valence electrons. The van der Waals surface area contributed by atoms with Crippen LogP contribution >= 0.6 is 0 Å². The number of anilines is 1. The van der Waals surface area contributed by atoms with Crippen molar-refractivity contribution in [2.45, 2.75) is 25.9 Å². The summed E-state index contributed by atoms with van der Waals surface area (Å²) in [7, 11) is 0. The number of hydrogen-bond acceptors (Lipinski definition) is 6. The van der Waals surface area contributed by atoms with Crippen molar-refractivity contribution in [3.8, 4) is 0 Å². The zero-order valence-corrected chi connectivity index (χ0v) is 15.1. The van der Waals surface area contributed by atoms with E-state index in [1.165, 1.54) is 0 Å². The Morgan fingerprint density at radius 3 is 2.54 bits per heavy atom. The van der Waals surface area contributed by atoms with Crippen molar-refractivity contribution in [2.24, 2.45) is 5.92 Å². The molecule has 1 amide bonds. The molecule has 0 spiro atoms. The van der Waals surface area contributed by atoms with E-state index in [-0.39, 0.29) is 11.6 Å². The number of halogens is 3. The number of hydrogen-bond donors (Lipinski definition) is 1. The second-order valence-corrected chi connectivity index (χ2v) is 6.56. The Labute approximate surface area is 158 Å². The molecule has 2 rings (SSSR count). The van der Waals surface area contributed by atoms with Crippen molar-refractivity contribution >= 4 is 23.3 Å². The minimum absolute atomic E-state index is 0.258. The molecule has 1 aliphatic rings. The number of piperidine rings is 1. The maximum atomic E-state index is 12.7. The number of carbonyl (C=O) groups excluding carboxylic acids is 2. The molecule has 0 aliphatic carbocycles. The molecule has 1 fully saturated rings. The van der Waals surface area contributed by atoms with Gasteiger partial charge in [0.1, 0.15) is 12.2 Å². The van der Waals surface area contributed by atoms with Gasteiger partial charge >= 0.3 is 12.1 Å². The summed E-state index contributed by atoms with van der Waals surface area (Å²) >= 11 is 0. The van der Waals surface area contributed by atoms with Gasteiger partial charge in [-0.15, -0.1) is 0 Å². The van der Waals surface area contributed by atoms with Gasteiger partial charge in [-0.1, -0.05) is 6.92 Å². The summed E-state index contributed by atoms with van der Waals surface area (Å²) in [5.74, 6) is -0.649. The first-order valence-corrected chi connectivity index (χ1v) is 8.61. The fraction of sp³-hybridized carbons (Fsp3) is 0.529. The lowest BCUT2D eigenvalue weighted by Crippen LogP contribution is -2.40. The van der Waals surface area contributed by atoms with Crippen LogP contribution in [0.3, 0.4) is 0 Å². The van der Waals surface area contributed by atoms with Crippen LogP contribution in [0.1, 0.15) is 25.3 Å².